The van der Waals surface area contributed by atoms with Crippen LogP contribution in [0, 0.1) is 0 Å². The molecule has 3 aromatic heterocycles. The Labute approximate surface area is 171 Å². The van der Waals surface area contributed by atoms with Crippen LogP contribution in [0.25, 0.3) is 10.2 Å². The average Bonchev–Trinajstić information content (AvgIpc) is 3.35. The van der Waals surface area contributed by atoms with Gasteiger partial charge in [0.25, 0.3) is 5.56 Å². The molecule has 5 nitrogen and oxygen atoms in total. The van der Waals surface area contributed by atoms with E-state index in [1.54, 1.807) is 22.7 Å². The van der Waals surface area contributed by atoms with Gasteiger partial charge in [0.2, 0.25) is 5.91 Å². The van der Waals surface area contributed by atoms with Crippen molar-refractivity contribution < 1.29 is 4.79 Å². The summed E-state index contributed by atoms with van der Waals surface area (Å²) in [4.78, 5) is 37.4. The van der Waals surface area contributed by atoms with Crippen LogP contribution in [0.5, 0.6) is 0 Å². The molecule has 0 bridgehead atoms. The molecule has 1 N–H and O–H groups in total. The minimum Gasteiger partial charge on any atom is -0.342 e. The van der Waals surface area contributed by atoms with Crippen molar-refractivity contribution in [2.75, 3.05) is 13.1 Å². The molecule has 1 saturated heterocycles. The Morgan fingerprint density at radius 2 is 2.07 bits per heavy atom. The summed E-state index contributed by atoms with van der Waals surface area (Å²) in [6.45, 7) is 1.46. The number of nitrogens with one attached hydrogen (secondary N) is 1. The van der Waals surface area contributed by atoms with Gasteiger partial charge in [-0.15, -0.1) is 11.3 Å². The van der Waals surface area contributed by atoms with Gasteiger partial charge in [-0.3, -0.25) is 9.59 Å². The first kappa shape index (κ1) is 18.1. The molecule has 2 aliphatic rings. The second kappa shape index (κ2) is 7.44. The summed E-state index contributed by atoms with van der Waals surface area (Å²) in [5.41, 5.74) is 2.35. The lowest BCUT2D eigenvalue weighted by Gasteiger charge is -2.31. The van der Waals surface area contributed by atoms with Crippen LogP contribution in [0.3, 0.4) is 0 Å². The van der Waals surface area contributed by atoms with Gasteiger partial charge in [-0.2, -0.15) is 11.3 Å². The molecule has 0 saturated carbocycles. The van der Waals surface area contributed by atoms with Gasteiger partial charge in [-0.1, -0.05) is 0 Å². The van der Waals surface area contributed by atoms with Gasteiger partial charge in [0.1, 0.15) is 10.7 Å². The number of fused-ring (bicyclic) bond motifs is 3. The number of carbonyl (C=O) groups is 1. The molecule has 4 heterocycles. The van der Waals surface area contributed by atoms with E-state index in [1.807, 2.05) is 21.7 Å². The van der Waals surface area contributed by atoms with Crippen molar-refractivity contribution in [3.8, 4) is 0 Å². The first-order valence-corrected chi connectivity index (χ1v) is 11.8. The molecular weight excluding hydrogens is 390 g/mol. The minimum absolute atomic E-state index is 0.0235. The predicted octanol–water partition coefficient (Wildman–Crippen LogP) is 3.87. The zero-order valence-electron chi connectivity index (χ0n) is 15.7. The van der Waals surface area contributed by atoms with Crippen molar-refractivity contribution in [3.05, 3.63) is 49.0 Å². The number of carbonyl (C=O) groups excluding carboxylic acids is 1. The Morgan fingerprint density at radius 1 is 1.25 bits per heavy atom. The number of aryl methyl sites for hydroxylation is 2. The van der Waals surface area contributed by atoms with Crippen molar-refractivity contribution in [1.29, 1.82) is 0 Å². The molecule has 0 spiro atoms. The molecule has 1 aliphatic carbocycles. The van der Waals surface area contributed by atoms with Crippen molar-refractivity contribution >= 4 is 38.8 Å². The van der Waals surface area contributed by atoms with Gasteiger partial charge in [-0.25, -0.2) is 4.98 Å². The standard InChI is InChI=1S/C21H23N3O2S2/c25-17(11-13-7-10-27-12-13)24-8-5-14(6-9-24)19-22-20(26)18-15-3-1-2-4-16(15)28-21(18)23-19/h7,10,12,14H,1-6,8-9,11H2,(H,22,23,26). The highest BCUT2D eigenvalue weighted by atomic mass is 32.1. The number of thiophene rings is 2. The summed E-state index contributed by atoms with van der Waals surface area (Å²) in [5.74, 6) is 1.22. The highest BCUT2D eigenvalue weighted by Gasteiger charge is 2.27. The van der Waals surface area contributed by atoms with Crippen LogP contribution in [0.1, 0.15) is 53.4 Å². The van der Waals surface area contributed by atoms with Crippen LogP contribution in [0.15, 0.2) is 21.6 Å². The largest absolute Gasteiger partial charge is 0.342 e. The van der Waals surface area contributed by atoms with Crippen LogP contribution in [0.2, 0.25) is 0 Å². The lowest BCUT2D eigenvalue weighted by atomic mass is 9.95. The maximum atomic E-state index is 12.8. The quantitative estimate of drug-likeness (QED) is 0.709. The van der Waals surface area contributed by atoms with E-state index in [0.29, 0.717) is 6.42 Å². The molecule has 0 radical (unpaired) electrons. The monoisotopic (exact) mass is 413 g/mol. The Bertz CT molecular complexity index is 1060. The van der Waals surface area contributed by atoms with Crippen LogP contribution >= 0.6 is 22.7 Å². The van der Waals surface area contributed by atoms with Crippen LogP contribution in [-0.2, 0) is 24.1 Å². The van der Waals surface area contributed by atoms with Crippen molar-refractivity contribution in [2.24, 2.45) is 0 Å². The number of piperidine rings is 1. The number of likely N-dealkylation sites (tertiary alicyclic amines) is 1. The second-order valence-electron chi connectivity index (χ2n) is 7.81. The van der Waals surface area contributed by atoms with Gasteiger partial charge in [0, 0.05) is 23.9 Å². The molecule has 0 unspecified atom stereocenters. The van der Waals surface area contributed by atoms with Gasteiger partial charge in [0.15, 0.2) is 0 Å². The molecule has 3 aromatic rings. The van der Waals surface area contributed by atoms with Gasteiger partial charge in [0.05, 0.1) is 11.8 Å². The van der Waals surface area contributed by atoms with Crippen molar-refractivity contribution in [2.45, 2.75) is 50.9 Å². The summed E-state index contributed by atoms with van der Waals surface area (Å²) in [7, 11) is 0. The zero-order valence-corrected chi connectivity index (χ0v) is 17.3. The van der Waals surface area contributed by atoms with E-state index in [2.05, 4.69) is 4.98 Å². The number of H-pyrrole nitrogens is 1. The summed E-state index contributed by atoms with van der Waals surface area (Å²) in [6.07, 6.45) is 6.65. The Balaban J connectivity index is 1.32. The van der Waals surface area contributed by atoms with Gasteiger partial charge < -0.3 is 9.88 Å². The van der Waals surface area contributed by atoms with Crippen LogP contribution < -0.4 is 5.56 Å². The lowest BCUT2D eigenvalue weighted by Crippen LogP contribution is -2.39. The fourth-order valence-corrected chi connectivity index (χ4v) is 6.39. The molecule has 5 rings (SSSR count). The van der Waals surface area contributed by atoms with E-state index in [1.165, 1.54) is 16.9 Å². The number of rotatable bonds is 3. The van der Waals surface area contributed by atoms with Gasteiger partial charge in [-0.05, 0) is 66.5 Å². The third kappa shape index (κ3) is 3.31. The van der Waals surface area contributed by atoms with E-state index in [0.717, 1.165) is 66.8 Å². The summed E-state index contributed by atoms with van der Waals surface area (Å²) in [6, 6.07) is 2.01. The normalized spacial score (nSPS) is 17.8. The fourth-order valence-electron chi connectivity index (χ4n) is 4.46. The van der Waals surface area contributed by atoms with Gasteiger partial charge >= 0.3 is 0 Å². The van der Waals surface area contributed by atoms with E-state index < -0.39 is 0 Å². The molecule has 28 heavy (non-hydrogen) atoms. The first-order valence-electron chi connectivity index (χ1n) is 10.0. The number of amides is 1. The first-order chi connectivity index (χ1) is 13.7. The molecule has 146 valence electrons. The third-order valence-corrected chi connectivity index (χ3v) is 7.93. The lowest BCUT2D eigenvalue weighted by molar-refractivity contribution is -0.131. The maximum Gasteiger partial charge on any atom is 0.259 e. The van der Waals surface area contributed by atoms with Crippen molar-refractivity contribution in [3.63, 3.8) is 0 Å². The molecule has 1 amide bonds. The van der Waals surface area contributed by atoms with E-state index in [4.69, 9.17) is 4.98 Å². The summed E-state index contributed by atoms with van der Waals surface area (Å²) in [5, 5.41) is 4.87. The summed E-state index contributed by atoms with van der Waals surface area (Å²) >= 11 is 3.33. The Hall–Kier alpha value is -1.99. The second-order valence-corrected chi connectivity index (χ2v) is 9.67. The maximum absolute atomic E-state index is 12.8. The smallest absolute Gasteiger partial charge is 0.259 e. The highest BCUT2D eigenvalue weighted by Crippen LogP contribution is 2.35. The molecule has 7 heteroatoms. The molecule has 0 atom stereocenters. The highest BCUT2D eigenvalue weighted by molar-refractivity contribution is 7.18. The van der Waals surface area contributed by atoms with Crippen LogP contribution in [-0.4, -0.2) is 33.9 Å². The third-order valence-electron chi connectivity index (χ3n) is 6.01. The minimum atomic E-state index is 0.0235. The number of hydrogen-bond donors (Lipinski definition) is 1. The molecule has 0 aromatic carbocycles. The molecular formula is C21H23N3O2S2. The number of aromatic nitrogens is 2. The Kier molecular flexibility index (Phi) is 4.80. The number of aromatic amines is 1. The molecule has 1 fully saturated rings. The number of hydrogen-bond acceptors (Lipinski definition) is 5. The predicted molar refractivity (Wildman–Crippen MR) is 113 cm³/mol. The fraction of sp³-hybridized carbons (Fsp3) is 0.476. The number of nitrogens with zero attached hydrogens (tertiary/aromatic N) is 2. The average molecular weight is 414 g/mol. The van der Waals surface area contributed by atoms with Crippen LogP contribution in [0.4, 0.5) is 0 Å². The topological polar surface area (TPSA) is 66.1 Å². The molecule has 1 aliphatic heterocycles. The SMILES string of the molecule is O=C(Cc1ccsc1)N1CCC(c2nc3sc4c(c3c(=O)[nH]2)CCCC4)CC1. The van der Waals surface area contributed by atoms with E-state index >= 15 is 0 Å². The Morgan fingerprint density at radius 3 is 2.86 bits per heavy atom. The van der Waals surface area contributed by atoms with E-state index in [-0.39, 0.29) is 17.4 Å². The van der Waals surface area contributed by atoms with E-state index in [9.17, 15) is 9.59 Å². The zero-order chi connectivity index (χ0) is 19.1. The van der Waals surface area contributed by atoms with Crippen molar-refractivity contribution in [1.82, 2.24) is 14.9 Å². The summed E-state index contributed by atoms with van der Waals surface area (Å²) < 4.78 is 0.